The molecular formula is C16H26O. The molecule has 1 aromatic carbocycles. The van der Waals surface area contributed by atoms with E-state index in [0.29, 0.717) is 5.92 Å². The monoisotopic (exact) mass is 234 g/mol. The van der Waals surface area contributed by atoms with Crippen molar-refractivity contribution in [1.82, 2.24) is 0 Å². The Morgan fingerprint density at radius 2 is 1.59 bits per heavy atom. The summed E-state index contributed by atoms with van der Waals surface area (Å²) in [5, 5.41) is 0. The molecule has 0 saturated heterocycles. The second-order valence-corrected chi connectivity index (χ2v) is 5.63. The number of ether oxygens (including phenoxy) is 1. The zero-order chi connectivity index (χ0) is 12.7. The summed E-state index contributed by atoms with van der Waals surface area (Å²) in [6.45, 7) is 9.69. The molecule has 0 aliphatic carbocycles. The standard InChI is InChI=1S/C16H26O/c1-13(2)6-5-7-15-8-10-16(11-9-15)17-12-14(3)4/h8-11,13-14H,5-7,12H2,1-4H3. The summed E-state index contributed by atoms with van der Waals surface area (Å²) in [6.07, 6.45) is 3.78. The first-order valence-electron chi connectivity index (χ1n) is 6.79. The molecule has 0 heterocycles. The Balaban J connectivity index is 2.34. The SMILES string of the molecule is CC(C)CCCc1ccc(OCC(C)C)cc1. The number of rotatable bonds is 7. The molecule has 0 saturated carbocycles. The summed E-state index contributed by atoms with van der Waals surface area (Å²) < 4.78 is 5.67. The molecule has 0 fully saturated rings. The summed E-state index contributed by atoms with van der Waals surface area (Å²) in [5.41, 5.74) is 1.42. The highest BCUT2D eigenvalue weighted by molar-refractivity contribution is 5.27. The molecule has 1 rings (SSSR count). The van der Waals surface area contributed by atoms with Gasteiger partial charge in [-0.25, -0.2) is 0 Å². The van der Waals surface area contributed by atoms with E-state index in [1.807, 2.05) is 0 Å². The molecule has 0 aliphatic heterocycles. The van der Waals surface area contributed by atoms with Gasteiger partial charge in [-0.3, -0.25) is 0 Å². The molecule has 0 aliphatic rings. The Labute approximate surface area is 106 Å². The number of hydrogen-bond donors (Lipinski definition) is 0. The van der Waals surface area contributed by atoms with E-state index in [1.165, 1.54) is 24.8 Å². The highest BCUT2D eigenvalue weighted by atomic mass is 16.5. The lowest BCUT2D eigenvalue weighted by Gasteiger charge is -2.09. The smallest absolute Gasteiger partial charge is 0.119 e. The van der Waals surface area contributed by atoms with Crippen LogP contribution in [0.15, 0.2) is 24.3 Å². The van der Waals surface area contributed by atoms with Crippen molar-refractivity contribution < 1.29 is 4.74 Å². The molecule has 0 radical (unpaired) electrons. The van der Waals surface area contributed by atoms with E-state index in [-0.39, 0.29) is 0 Å². The number of benzene rings is 1. The van der Waals surface area contributed by atoms with Gasteiger partial charge in [-0.1, -0.05) is 46.2 Å². The van der Waals surface area contributed by atoms with Crippen LogP contribution in [0.25, 0.3) is 0 Å². The minimum Gasteiger partial charge on any atom is -0.493 e. The van der Waals surface area contributed by atoms with Crippen molar-refractivity contribution in [2.75, 3.05) is 6.61 Å². The summed E-state index contributed by atoms with van der Waals surface area (Å²) in [7, 11) is 0. The molecule has 0 N–H and O–H groups in total. The largest absolute Gasteiger partial charge is 0.493 e. The maximum absolute atomic E-state index is 5.67. The Kier molecular flexibility index (Phi) is 6.10. The summed E-state index contributed by atoms with van der Waals surface area (Å²) in [5.74, 6) is 2.38. The van der Waals surface area contributed by atoms with Crippen molar-refractivity contribution >= 4 is 0 Å². The zero-order valence-electron chi connectivity index (χ0n) is 11.7. The van der Waals surface area contributed by atoms with Gasteiger partial charge in [0.15, 0.2) is 0 Å². The predicted octanol–water partition coefficient (Wildman–Crippen LogP) is 4.70. The fourth-order valence-electron chi connectivity index (χ4n) is 1.73. The lowest BCUT2D eigenvalue weighted by atomic mass is 10.0. The highest BCUT2D eigenvalue weighted by Gasteiger charge is 1.99. The van der Waals surface area contributed by atoms with Crippen LogP contribution in [0.3, 0.4) is 0 Å². The number of aryl methyl sites for hydroxylation is 1. The second kappa shape index (κ2) is 7.37. The molecule has 0 unspecified atom stereocenters. The van der Waals surface area contributed by atoms with Crippen molar-refractivity contribution in [3.05, 3.63) is 29.8 Å². The van der Waals surface area contributed by atoms with Gasteiger partial charge >= 0.3 is 0 Å². The molecular weight excluding hydrogens is 208 g/mol. The van der Waals surface area contributed by atoms with Gasteiger partial charge < -0.3 is 4.74 Å². The van der Waals surface area contributed by atoms with Crippen molar-refractivity contribution in [3.8, 4) is 5.75 Å². The van der Waals surface area contributed by atoms with Crippen molar-refractivity contribution in [3.63, 3.8) is 0 Å². The van der Waals surface area contributed by atoms with Gasteiger partial charge in [0.25, 0.3) is 0 Å². The Hall–Kier alpha value is -0.980. The third-order valence-electron chi connectivity index (χ3n) is 2.75. The third kappa shape index (κ3) is 6.35. The molecule has 1 aromatic rings. The van der Waals surface area contributed by atoms with Gasteiger partial charge in [0.2, 0.25) is 0 Å². The van der Waals surface area contributed by atoms with E-state index >= 15 is 0 Å². The lowest BCUT2D eigenvalue weighted by molar-refractivity contribution is 0.271. The molecule has 0 atom stereocenters. The number of hydrogen-bond acceptors (Lipinski definition) is 1. The summed E-state index contributed by atoms with van der Waals surface area (Å²) in [4.78, 5) is 0. The van der Waals surface area contributed by atoms with Gasteiger partial charge in [-0.05, 0) is 42.4 Å². The van der Waals surface area contributed by atoms with Crippen LogP contribution >= 0.6 is 0 Å². The van der Waals surface area contributed by atoms with Crippen LogP contribution in [0, 0.1) is 11.8 Å². The molecule has 0 amide bonds. The molecule has 17 heavy (non-hydrogen) atoms. The maximum Gasteiger partial charge on any atom is 0.119 e. The van der Waals surface area contributed by atoms with E-state index in [1.54, 1.807) is 0 Å². The predicted molar refractivity (Wildman–Crippen MR) is 74.6 cm³/mol. The van der Waals surface area contributed by atoms with E-state index in [4.69, 9.17) is 4.74 Å². The van der Waals surface area contributed by atoms with E-state index in [9.17, 15) is 0 Å². The van der Waals surface area contributed by atoms with Crippen LogP contribution in [0.5, 0.6) is 5.75 Å². The minimum absolute atomic E-state index is 0.584. The lowest BCUT2D eigenvalue weighted by Crippen LogP contribution is -2.04. The maximum atomic E-state index is 5.67. The van der Waals surface area contributed by atoms with Crippen LogP contribution in [0.1, 0.15) is 46.1 Å². The molecule has 0 aromatic heterocycles. The molecule has 0 spiro atoms. The van der Waals surface area contributed by atoms with Crippen LogP contribution in [0.2, 0.25) is 0 Å². The summed E-state index contributed by atoms with van der Waals surface area (Å²) >= 11 is 0. The zero-order valence-corrected chi connectivity index (χ0v) is 11.7. The third-order valence-corrected chi connectivity index (χ3v) is 2.75. The first-order chi connectivity index (χ1) is 8.08. The van der Waals surface area contributed by atoms with E-state index in [0.717, 1.165) is 18.3 Å². The van der Waals surface area contributed by atoms with Crippen LogP contribution < -0.4 is 4.74 Å². The Morgan fingerprint density at radius 3 is 2.12 bits per heavy atom. The van der Waals surface area contributed by atoms with Gasteiger partial charge in [0, 0.05) is 0 Å². The average Bonchev–Trinajstić information content (AvgIpc) is 2.27. The molecule has 96 valence electrons. The molecule has 1 heteroatoms. The van der Waals surface area contributed by atoms with Crippen molar-refractivity contribution in [1.29, 1.82) is 0 Å². The quantitative estimate of drug-likeness (QED) is 0.664. The Morgan fingerprint density at radius 1 is 0.941 bits per heavy atom. The van der Waals surface area contributed by atoms with Gasteiger partial charge in [-0.15, -0.1) is 0 Å². The van der Waals surface area contributed by atoms with Crippen LogP contribution in [-0.2, 0) is 6.42 Å². The minimum atomic E-state index is 0.584. The first kappa shape index (κ1) is 14.1. The Bertz CT molecular complexity index is 298. The second-order valence-electron chi connectivity index (χ2n) is 5.63. The fraction of sp³-hybridized carbons (Fsp3) is 0.625. The average molecular weight is 234 g/mol. The van der Waals surface area contributed by atoms with Gasteiger partial charge in [0.1, 0.15) is 5.75 Å². The highest BCUT2D eigenvalue weighted by Crippen LogP contribution is 2.15. The molecule has 1 nitrogen and oxygen atoms in total. The first-order valence-corrected chi connectivity index (χ1v) is 6.79. The van der Waals surface area contributed by atoms with Crippen molar-refractivity contribution in [2.24, 2.45) is 11.8 Å². The topological polar surface area (TPSA) is 9.23 Å². The van der Waals surface area contributed by atoms with E-state index in [2.05, 4.69) is 52.0 Å². The van der Waals surface area contributed by atoms with E-state index < -0.39 is 0 Å². The summed E-state index contributed by atoms with van der Waals surface area (Å²) in [6, 6.07) is 8.56. The van der Waals surface area contributed by atoms with Crippen molar-refractivity contribution in [2.45, 2.75) is 47.0 Å². The van der Waals surface area contributed by atoms with Crippen LogP contribution in [0.4, 0.5) is 0 Å². The van der Waals surface area contributed by atoms with Gasteiger partial charge in [-0.2, -0.15) is 0 Å². The van der Waals surface area contributed by atoms with Crippen LogP contribution in [-0.4, -0.2) is 6.61 Å². The van der Waals surface area contributed by atoms with Gasteiger partial charge in [0.05, 0.1) is 6.61 Å². The normalized spacial score (nSPS) is 11.2. The fourth-order valence-corrected chi connectivity index (χ4v) is 1.73. The molecule has 0 bridgehead atoms.